The van der Waals surface area contributed by atoms with Gasteiger partial charge < -0.3 is 0 Å². The summed E-state index contributed by atoms with van der Waals surface area (Å²) in [4.78, 5) is 34.6. The van der Waals surface area contributed by atoms with Crippen molar-refractivity contribution in [3.63, 3.8) is 0 Å². The summed E-state index contributed by atoms with van der Waals surface area (Å²) in [6.45, 7) is 0.809. The van der Waals surface area contributed by atoms with Crippen LogP contribution in [0, 0.1) is 0 Å². The van der Waals surface area contributed by atoms with Crippen LogP contribution in [0.15, 0.2) is 59.1 Å². The Balaban J connectivity index is 1.54. The van der Waals surface area contributed by atoms with Crippen molar-refractivity contribution in [2.24, 2.45) is 0 Å². The first-order valence-electron chi connectivity index (χ1n) is 9.14. The fraction of sp³-hybridized carbons (Fsp3) is 0.200. The summed E-state index contributed by atoms with van der Waals surface area (Å²) < 4.78 is 23.2. The monoisotopic (exact) mass is 442 g/mol. The van der Waals surface area contributed by atoms with Crippen molar-refractivity contribution >= 4 is 33.0 Å². The zero-order valence-electron chi connectivity index (χ0n) is 16.1. The number of hydrazine groups is 1. The minimum absolute atomic E-state index is 0.138. The molecule has 0 atom stereocenters. The standard InChI is InChI=1S/C20H18N4O4S2/c1-30(27,28)16-7-5-14(6-8-16)19(25)23-10-3-11-24(23)20(26)17-13-29-18(22-17)15-4-2-9-21-12-15/h2,4-9,12-13H,3,10-11H2,1H3. The van der Waals surface area contributed by atoms with Crippen LogP contribution in [0.5, 0.6) is 0 Å². The zero-order valence-corrected chi connectivity index (χ0v) is 17.7. The van der Waals surface area contributed by atoms with E-state index in [1.165, 1.54) is 45.6 Å². The molecule has 1 aromatic carbocycles. The van der Waals surface area contributed by atoms with Crippen molar-refractivity contribution in [2.75, 3.05) is 19.3 Å². The summed E-state index contributed by atoms with van der Waals surface area (Å²) >= 11 is 1.34. The highest BCUT2D eigenvalue weighted by atomic mass is 32.2. The minimum Gasteiger partial charge on any atom is -0.267 e. The van der Waals surface area contributed by atoms with E-state index in [2.05, 4.69) is 9.97 Å². The van der Waals surface area contributed by atoms with Crippen LogP contribution < -0.4 is 0 Å². The van der Waals surface area contributed by atoms with Gasteiger partial charge in [-0.05, 0) is 42.8 Å². The molecule has 4 rings (SSSR count). The van der Waals surface area contributed by atoms with Gasteiger partial charge in [0.25, 0.3) is 11.8 Å². The maximum absolute atomic E-state index is 13.0. The second-order valence-electron chi connectivity index (χ2n) is 6.79. The van der Waals surface area contributed by atoms with Crippen LogP contribution >= 0.6 is 11.3 Å². The molecule has 1 saturated heterocycles. The van der Waals surface area contributed by atoms with E-state index in [1.807, 2.05) is 6.07 Å². The number of carbonyl (C=O) groups excluding carboxylic acids is 2. The van der Waals surface area contributed by atoms with Crippen molar-refractivity contribution in [3.8, 4) is 10.6 Å². The van der Waals surface area contributed by atoms with E-state index in [1.54, 1.807) is 23.8 Å². The first-order valence-corrected chi connectivity index (χ1v) is 11.9. The number of carbonyl (C=O) groups is 2. The maximum Gasteiger partial charge on any atom is 0.291 e. The molecule has 0 bridgehead atoms. The molecule has 3 aromatic rings. The number of sulfone groups is 1. The smallest absolute Gasteiger partial charge is 0.267 e. The molecular weight excluding hydrogens is 424 g/mol. The Labute approximate surface area is 177 Å². The third kappa shape index (κ3) is 3.96. The molecule has 0 N–H and O–H groups in total. The lowest BCUT2D eigenvalue weighted by Crippen LogP contribution is -2.45. The molecular formula is C20H18N4O4S2. The lowest BCUT2D eigenvalue weighted by molar-refractivity contribution is 0.0183. The first-order chi connectivity index (χ1) is 14.3. The van der Waals surface area contributed by atoms with Crippen LogP contribution in [0.1, 0.15) is 27.3 Å². The van der Waals surface area contributed by atoms with Gasteiger partial charge in [-0.1, -0.05) is 0 Å². The number of nitrogens with zero attached hydrogens (tertiary/aromatic N) is 4. The van der Waals surface area contributed by atoms with E-state index >= 15 is 0 Å². The molecule has 154 valence electrons. The molecule has 1 aliphatic rings. The number of benzene rings is 1. The lowest BCUT2D eigenvalue weighted by Gasteiger charge is -2.27. The highest BCUT2D eigenvalue weighted by molar-refractivity contribution is 7.90. The predicted molar refractivity (Wildman–Crippen MR) is 112 cm³/mol. The Morgan fingerprint density at radius 3 is 2.37 bits per heavy atom. The third-order valence-electron chi connectivity index (χ3n) is 4.66. The number of aromatic nitrogens is 2. The van der Waals surface area contributed by atoms with Gasteiger partial charge >= 0.3 is 0 Å². The fourth-order valence-electron chi connectivity index (χ4n) is 3.15. The molecule has 1 fully saturated rings. The van der Waals surface area contributed by atoms with Crippen LogP contribution in [-0.2, 0) is 9.84 Å². The first kappa shape index (κ1) is 20.2. The maximum atomic E-state index is 13.0. The average molecular weight is 443 g/mol. The summed E-state index contributed by atoms with van der Waals surface area (Å²) in [5, 5.41) is 5.14. The molecule has 0 unspecified atom stereocenters. The molecule has 0 saturated carbocycles. The van der Waals surface area contributed by atoms with Gasteiger partial charge in [-0.15, -0.1) is 11.3 Å². The van der Waals surface area contributed by atoms with Crippen LogP contribution in [0.3, 0.4) is 0 Å². The van der Waals surface area contributed by atoms with Gasteiger partial charge in [-0.2, -0.15) is 0 Å². The number of hydrogen-bond acceptors (Lipinski definition) is 7. The fourth-order valence-corrected chi connectivity index (χ4v) is 4.57. The van der Waals surface area contributed by atoms with Crippen LogP contribution in [0.4, 0.5) is 0 Å². The van der Waals surface area contributed by atoms with Gasteiger partial charge in [0.05, 0.1) is 4.90 Å². The predicted octanol–water partition coefficient (Wildman–Crippen LogP) is 2.51. The second-order valence-corrected chi connectivity index (χ2v) is 9.66. The summed E-state index contributed by atoms with van der Waals surface area (Å²) in [5.74, 6) is -0.705. The van der Waals surface area contributed by atoms with Crippen molar-refractivity contribution in [3.05, 3.63) is 65.4 Å². The SMILES string of the molecule is CS(=O)(=O)c1ccc(C(=O)N2CCCN2C(=O)c2csc(-c3cccnc3)n2)cc1. The highest BCUT2D eigenvalue weighted by Gasteiger charge is 2.33. The lowest BCUT2D eigenvalue weighted by atomic mass is 10.2. The summed E-state index contributed by atoms with van der Waals surface area (Å²) in [6, 6.07) is 9.38. The number of thiazole rings is 1. The minimum atomic E-state index is -3.35. The molecule has 2 amide bonds. The molecule has 1 aliphatic heterocycles. The quantitative estimate of drug-likeness (QED) is 0.615. The normalized spacial score (nSPS) is 14.2. The Hall–Kier alpha value is -3.11. The number of hydrogen-bond donors (Lipinski definition) is 0. The number of pyridine rings is 1. The van der Waals surface area contributed by atoms with Crippen molar-refractivity contribution in [2.45, 2.75) is 11.3 Å². The van der Waals surface area contributed by atoms with Crippen LogP contribution in [0.25, 0.3) is 10.6 Å². The Kier molecular flexibility index (Phi) is 5.35. The molecule has 0 aliphatic carbocycles. The molecule has 8 nitrogen and oxygen atoms in total. The van der Waals surface area contributed by atoms with Crippen LogP contribution in [-0.4, -0.2) is 59.6 Å². The largest absolute Gasteiger partial charge is 0.291 e. The molecule has 3 heterocycles. The average Bonchev–Trinajstić information content (AvgIpc) is 3.43. The van der Waals surface area contributed by atoms with Gasteiger partial charge in [0.15, 0.2) is 9.84 Å². The summed E-state index contributed by atoms with van der Waals surface area (Å²) in [7, 11) is -3.35. The summed E-state index contributed by atoms with van der Waals surface area (Å²) in [6.07, 6.45) is 5.11. The molecule has 0 spiro atoms. The van der Waals surface area contributed by atoms with Crippen molar-refractivity contribution in [1.82, 2.24) is 20.0 Å². The van der Waals surface area contributed by atoms with Crippen molar-refractivity contribution < 1.29 is 18.0 Å². The van der Waals surface area contributed by atoms with Gasteiger partial charge in [0.1, 0.15) is 10.7 Å². The van der Waals surface area contributed by atoms with Gasteiger partial charge in [-0.25, -0.2) is 23.4 Å². The zero-order chi connectivity index (χ0) is 21.3. The van der Waals surface area contributed by atoms with E-state index in [0.717, 1.165) is 11.8 Å². The molecule has 0 radical (unpaired) electrons. The summed E-state index contributed by atoms with van der Waals surface area (Å²) in [5.41, 5.74) is 1.41. The van der Waals surface area contributed by atoms with Gasteiger partial charge in [0, 0.05) is 48.2 Å². The van der Waals surface area contributed by atoms with Crippen molar-refractivity contribution in [1.29, 1.82) is 0 Å². The van der Waals surface area contributed by atoms with E-state index in [9.17, 15) is 18.0 Å². The topological polar surface area (TPSA) is 101 Å². The van der Waals surface area contributed by atoms with Gasteiger partial charge in [-0.3, -0.25) is 14.6 Å². The van der Waals surface area contributed by atoms with Crippen LogP contribution in [0.2, 0.25) is 0 Å². The van der Waals surface area contributed by atoms with E-state index in [0.29, 0.717) is 30.1 Å². The Morgan fingerprint density at radius 1 is 1.03 bits per heavy atom. The van der Waals surface area contributed by atoms with E-state index in [4.69, 9.17) is 0 Å². The Morgan fingerprint density at radius 2 is 1.73 bits per heavy atom. The number of amides is 2. The highest BCUT2D eigenvalue weighted by Crippen LogP contribution is 2.25. The van der Waals surface area contributed by atoms with Gasteiger partial charge in [0.2, 0.25) is 0 Å². The molecule has 30 heavy (non-hydrogen) atoms. The third-order valence-corrected chi connectivity index (χ3v) is 6.68. The molecule has 10 heteroatoms. The molecule has 2 aromatic heterocycles. The van der Waals surface area contributed by atoms with E-state index in [-0.39, 0.29) is 22.4 Å². The second kappa shape index (κ2) is 7.96. The Bertz CT molecular complexity index is 1190. The van der Waals surface area contributed by atoms with E-state index < -0.39 is 9.84 Å². The number of rotatable bonds is 4.